The Hall–Kier alpha value is -2.18. The predicted octanol–water partition coefficient (Wildman–Crippen LogP) is 1.79. The van der Waals surface area contributed by atoms with Crippen molar-refractivity contribution < 1.29 is 9.90 Å². The van der Waals surface area contributed by atoms with Crippen LogP contribution in [0.2, 0.25) is 0 Å². The van der Waals surface area contributed by atoms with Gasteiger partial charge in [0.1, 0.15) is 5.69 Å². The molecule has 24 heavy (non-hydrogen) atoms. The average Bonchev–Trinajstić information content (AvgIpc) is 3.11. The number of carbonyl (C=O) groups excluding carboxylic acids is 1. The van der Waals surface area contributed by atoms with E-state index in [0.29, 0.717) is 18.3 Å². The van der Waals surface area contributed by atoms with Crippen LogP contribution in [0.15, 0.2) is 36.5 Å². The predicted molar refractivity (Wildman–Crippen MR) is 91.6 cm³/mol. The molecule has 6 heteroatoms. The zero-order valence-corrected chi connectivity index (χ0v) is 13.9. The summed E-state index contributed by atoms with van der Waals surface area (Å²) >= 11 is 0. The highest BCUT2D eigenvalue weighted by atomic mass is 16.3. The summed E-state index contributed by atoms with van der Waals surface area (Å²) in [7, 11) is 0. The molecule has 6 nitrogen and oxygen atoms in total. The SMILES string of the molecule is CC(O)c1ccc(CNC(=O)c2ccn(C3CCCNC3)n2)cc1. The van der Waals surface area contributed by atoms with Gasteiger partial charge in [0.15, 0.2) is 0 Å². The molecule has 3 N–H and O–H groups in total. The van der Waals surface area contributed by atoms with Gasteiger partial charge in [-0.05, 0) is 43.5 Å². The fraction of sp³-hybridized carbons (Fsp3) is 0.444. The van der Waals surface area contributed by atoms with Gasteiger partial charge in [0.2, 0.25) is 0 Å². The van der Waals surface area contributed by atoms with Crippen LogP contribution in [0.1, 0.15) is 53.5 Å². The van der Waals surface area contributed by atoms with Gasteiger partial charge < -0.3 is 15.7 Å². The molecular formula is C18H24N4O2. The molecule has 2 unspecified atom stereocenters. The van der Waals surface area contributed by atoms with Crippen LogP contribution < -0.4 is 10.6 Å². The Bertz CT molecular complexity index is 673. The lowest BCUT2D eigenvalue weighted by Gasteiger charge is -2.22. The molecule has 1 fully saturated rings. The highest BCUT2D eigenvalue weighted by Gasteiger charge is 2.17. The van der Waals surface area contributed by atoms with E-state index in [1.54, 1.807) is 13.0 Å². The van der Waals surface area contributed by atoms with E-state index in [-0.39, 0.29) is 5.91 Å². The lowest BCUT2D eigenvalue weighted by atomic mass is 10.1. The van der Waals surface area contributed by atoms with Crippen molar-refractivity contribution in [3.05, 3.63) is 53.3 Å². The van der Waals surface area contributed by atoms with Crippen molar-refractivity contribution in [2.45, 2.75) is 38.5 Å². The van der Waals surface area contributed by atoms with Crippen LogP contribution >= 0.6 is 0 Å². The first-order valence-corrected chi connectivity index (χ1v) is 8.44. The van der Waals surface area contributed by atoms with E-state index < -0.39 is 6.10 Å². The second kappa shape index (κ2) is 7.59. The van der Waals surface area contributed by atoms with Gasteiger partial charge in [0.25, 0.3) is 5.91 Å². The van der Waals surface area contributed by atoms with Crippen molar-refractivity contribution in [2.24, 2.45) is 0 Å². The van der Waals surface area contributed by atoms with E-state index in [1.807, 2.05) is 35.1 Å². The molecule has 2 atom stereocenters. The first-order valence-electron chi connectivity index (χ1n) is 8.44. The lowest BCUT2D eigenvalue weighted by Crippen LogP contribution is -2.32. The Morgan fingerprint density at radius 1 is 1.42 bits per heavy atom. The summed E-state index contributed by atoms with van der Waals surface area (Å²) in [5.74, 6) is -0.169. The fourth-order valence-corrected chi connectivity index (χ4v) is 2.91. The minimum Gasteiger partial charge on any atom is -0.389 e. The fourth-order valence-electron chi connectivity index (χ4n) is 2.91. The molecule has 2 aromatic rings. The Morgan fingerprint density at radius 3 is 2.88 bits per heavy atom. The van der Waals surface area contributed by atoms with Crippen molar-refractivity contribution in [2.75, 3.05) is 13.1 Å². The third-order valence-electron chi connectivity index (χ3n) is 4.40. The standard InChI is InChI=1S/C18H24N4O2/c1-13(23)15-6-4-14(5-7-15)11-20-18(24)17-8-10-22(21-17)16-3-2-9-19-12-16/h4-8,10,13,16,19,23H,2-3,9,11-12H2,1H3,(H,20,24). The maximum atomic E-state index is 12.2. The second-order valence-electron chi connectivity index (χ2n) is 6.28. The normalized spacial score (nSPS) is 19.0. The Labute approximate surface area is 141 Å². The van der Waals surface area contributed by atoms with E-state index in [0.717, 1.165) is 37.1 Å². The molecule has 1 aliphatic heterocycles. The van der Waals surface area contributed by atoms with E-state index in [1.165, 1.54) is 0 Å². The van der Waals surface area contributed by atoms with Crippen molar-refractivity contribution in [1.82, 2.24) is 20.4 Å². The van der Waals surface area contributed by atoms with Crippen molar-refractivity contribution in [3.8, 4) is 0 Å². The summed E-state index contributed by atoms with van der Waals surface area (Å²) in [6.07, 6.45) is 3.62. The smallest absolute Gasteiger partial charge is 0.272 e. The maximum Gasteiger partial charge on any atom is 0.272 e. The molecule has 0 radical (unpaired) electrons. The Morgan fingerprint density at radius 2 is 2.21 bits per heavy atom. The van der Waals surface area contributed by atoms with Crippen LogP contribution in [-0.2, 0) is 6.54 Å². The molecule has 1 aromatic carbocycles. The van der Waals surface area contributed by atoms with Gasteiger partial charge in [-0.25, -0.2) is 0 Å². The zero-order chi connectivity index (χ0) is 16.9. The topological polar surface area (TPSA) is 79.2 Å². The summed E-state index contributed by atoms with van der Waals surface area (Å²) in [6.45, 7) is 4.13. The number of aromatic nitrogens is 2. The third-order valence-corrected chi connectivity index (χ3v) is 4.40. The molecule has 128 valence electrons. The van der Waals surface area contributed by atoms with Crippen LogP contribution in [0.4, 0.5) is 0 Å². The molecule has 0 saturated carbocycles. The number of benzene rings is 1. The van der Waals surface area contributed by atoms with Crippen molar-refractivity contribution >= 4 is 5.91 Å². The third kappa shape index (κ3) is 4.01. The number of hydrogen-bond donors (Lipinski definition) is 3. The number of aliphatic hydroxyl groups excluding tert-OH is 1. The summed E-state index contributed by atoms with van der Waals surface area (Å²) in [5, 5.41) is 20.2. The van der Waals surface area contributed by atoms with Crippen molar-refractivity contribution in [3.63, 3.8) is 0 Å². The number of carbonyl (C=O) groups is 1. The summed E-state index contributed by atoms with van der Waals surface area (Å²) < 4.78 is 1.89. The quantitative estimate of drug-likeness (QED) is 0.782. The minimum absolute atomic E-state index is 0.169. The minimum atomic E-state index is -0.480. The van der Waals surface area contributed by atoms with Gasteiger partial charge in [-0.15, -0.1) is 0 Å². The van der Waals surface area contributed by atoms with Gasteiger partial charge in [0, 0.05) is 19.3 Å². The molecule has 0 spiro atoms. The second-order valence-corrected chi connectivity index (χ2v) is 6.28. The molecule has 0 bridgehead atoms. The molecule has 1 saturated heterocycles. The molecular weight excluding hydrogens is 304 g/mol. The molecule has 1 amide bonds. The monoisotopic (exact) mass is 328 g/mol. The van der Waals surface area contributed by atoms with Gasteiger partial charge in [-0.3, -0.25) is 9.48 Å². The summed E-state index contributed by atoms with van der Waals surface area (Å²) in [6, 6.07) is 9.66. The number of hydrogen-bond acceptors (Lipinski definition) is 4. The van der Waals surface area contributed by atoms with Gasteiger partial charge in [-0.1, -0.05) is 24.3 Å². The Kier molecular flexibility index (Phi) is 5.27. The van der Waals surface area contributed by atoms with E-state index in [2.05, 4.69) is 15.7 Å². The summed E-state index contributed by atoms with van der Waals surface area (Å²) in [4.78, 5) is 12.2. The largest absolute Gasteiger partial charge is 0.389 e. The van der Waals surface area contributed by atoms with E-state index in [9.17, 15) is 9.90 Å². The summed E-state index contributed by atoms with van der Waals surface area (Å²) in [5.41, 5.74) is 2.30. The van der Waals surface area contributed by atoms with Gasteiger partial charge in [0.05, 0.1) is 12.1 Å². The lowest BCUT2D eigenvalue weighted by molar-refractivity contribution is 0.0944. The first-order chi connectivity index (χ1) is 11.6. The molecule has 3 rings (SSSR count). The van der Waals surface area contributed by atoms with Crippen LogP contribution in [0.25, 0.3) is 0 Å². The van der Waals surface area contributed by atoms with Crippen molar-refractivity contribution in [1.29, 1.82) is 0 Å². The Balaban J connectivity index is 1.56. The highest BCUT2D eigenvalue weighted by Crippen LogP contribution is 2.16. The van der Waals surface area contributed by atoms with Crippen LogP contribution in [0.3, 0.4) is 0 Å². The zero-order valence-electron chi connectivity index (χ0n) is 13.9. The number of nitrogens with one attached hydrogen (secondary N) is 2. The molecule has 2 heterocycles. The number of amides is 1. The number of nitrogens with zero attached hydrogens (tertiary/aromatic N) is 2. The van der Waals surface area contributed by atoms with E-state index >= 15 is 0 Å². The van der Waals surface area contributed by atoms with Crippen LogP contribution in [0.5, 0.6) is 0 Å². The maximum absolute atomic E-state index is 12.2. The molecule has 1 aliphatic rings. The van der Waals surface area contributed by atoms with Gasteiger partial charge >= 0.3 is 0 Å². The van der Waals surface area contributed by atoms with Crippen LogP contribution in [-0.4, -0.2) is 33.9 Å². The van der Waals surface area contributed by atoms with Gasteiger partial charge in [-0.2, -0.15) is 5.10 Å². The molecule has 1 aromatic heterocycles. The number of rotatable bonds is 5. The first kappa shape index (κ1) is 16.7. The number of aliphatic hydroxyl groups is 1. The molecule has 0 aliphatic carbocycles. The van der Waals surface area contributed by atoms with Crippen LogP contribution in [0, 0.1) is 0 Å². The number of piperidine rings is 1. The van der Waals surface area contributed by atoms with E-state index in [4.69, 9.17) is 0 Å². The average molecular weight is 328 g/mol. The highest BCUT2D eigenvalue weighted by molar-refractivity contribution is 5.92.